The van der Waals surface area contributed by atoms with E-state index in [9.17, 15) is 4.79 Å². The van der Waals surface area contributed by atoms with Crippen LogP contribution in [0.2, 0.25) is 15.1 Å². The minimum absolute atomic E-state index is 0.214. The molecule has 0 saturated carbocycles. The molecule has 2 heterocycles. The smallest absolute Gasteiger partial charge is 0.238 e. The first kappa shape index (κ1) is 17.8. The maximum absolute atomic E-state index is 12.3. The molecule has 0 bridgehead atoms. The van der Waals surface area contributed by atoms with Crippen molar-refractivity contribution in [3.63, 3.8) is 0 Å². The third kappa shape index (κ3) is 4.13. The van der Waals surface area contributed by atoms with Gasteiger partial charge in [0.1, 0.15) is 0 Å². The van der Waals surface area contributed by atoms with Crippen LogP contribution in [-0.2, 0) is 4.79 Å². The first-order chi connectivity index (χ1) is 11.4. The molecule has 1 N–H and O–H groups in total. The zero-order valence-corrected chi connectivity index (χ0v) is 16.1. The van der Waals surface area contributed by atoms with E-state index in [-0.39, 0.29) is 17.0 Å². The van der Waals surface area contributed by atoms with Crippen LogP contribution >= 0.6 is 57.9 Å². The fourth-order valence-corrected chi connectivity index (χ4v) is 4.64. The fraction of sp³-hybridized carbons (Fsp3) is 0.133. The number of carbonyl (C=O) groups is 1. The number of fused-ring (bicyclic) bond motifs is 1. The maximum Gasteiger partial charge on any atom is 0.238 e. The van der Waals surface area contributed by atoms with Gasteiger partial charge in [-0.25, -0.2) is 9.97 Å². The number of halogens is 3. The van der Waals surface area contributed by atoms with Crippen molar-refractivity contribution in [3.8, 4) is 0 Å². The lowest BCUT2D eigenvalue weighted by molar-refractivity contribution is -0.115. The van der Waals surface area contributed by atoms with Crippen LogP contribution in [0.3, 0.4) is 0 Å². The van der Waals surface area contributed by atoms with Gasteiger partial charge in [0.25, 0.3) is 0 Å². The molecule has 1 aromatic carbocycles. The Morgan fingerprint density at radius 1 is 1.25 bits per heavy atom. The van der Waals surface area contributed by atoms with Crippen LogP contribution in [0.15, 0.2) is 34.8 Å². The van der Waals surface area contributed by atoms with Gasteiger partial charge in [0.15, 0.2) is 10.2 Å². The number of nitrogens with one attached hydrogen (secondary N) is 1. The molecule has 0 aliphatic carbocycles. The molecule has 9 heteroatoms. The van der Waals surface area contributed by atoms with Crippen molar-refractivity contribution in [1.29, 1.82) is 0 Å². The molecule has 1 unspecified atom stereocenters. The van der Waals surface area contributed by atoms with Gasteiger partial charge < -0.3 is 5.32 Å². The summed E-state index contributed by atoms with van der Waals surface area (Å²) in [5.41, 5.74) is 0.824. The summed E-state index contributed by atoms with van der Waals surface area (Å²) in [7, 11) is 0. The zero-order valence-electron chi connectivity index (χ0n) is 12.2. The summed E-state index contributed by atoms with van der Waals surface area (Å²) >= 11 is 20.7. The number of carbonyl (C=O) groups excluding carboxylic acids is 1. The number of anilines is 1. The van der Waals surface area contributed by atoms with Crippen molar-refractivity contribution in [3.05, 3.63) is 45.5 Å². The topological polar surface area (TPSA) is 54.9 Å². The van der Waals surface area contributed by atoms with Crippen LogP contribution in [0.5, 0.6) is 0 Å². The van der Waals surface area contributed by atoms with E-state index >= 15 is 0 Å². The van der Waals surface area contributed by atoms with Gasteiger partial charge in [-0.1, -0.05) is 46.6 Å². The van der Waals surface area contributed by atoms with Gasteiger partial charge in [-0.05, 0) is 31.2 Å². The van der Waals surface area contributed by atoms with Crippen molar-refractivity contribution in [2.45, 2.75) is 16.5 Å². The number of amides is 1. The summed E-state index contributed by atoms with van der Waals surface area (Å²) in [6.07, 6.45) is 1.43. The second kappa shape index (κ2) is 7.45. The first-order valence-corrected chi connectivity index (χ1v) is 9.60. The molecule has 0 aliphatic rings. The molecule has 3 rings (SSSR count). The molecule has 124 valence electrons. The Labute approximate surface area is 161 Å². The summed E-state index contributed by atoms with van der Waals surface area (Å²) in [6, 6.07) is 7.07. The monoisotopic (exact) mass is 417 g/mol. The largest absolute Gasteiger partial charge is 0.308 e. The number of nitrogens with zero attached hydrogens (tertiary/aromatic N) is 2. The average Bonchev–Trinajstić information content (AvgIpc) is 2.91. The average molecular weight is 419 g/mol. The third-order valence-corrected chi connectivity index (χ3v) is 5.99. The van der Waals surface area contributed by atoms with Crippen LogP contribution in [0.4, 0.5) is 5.82 Å². The maximum atomic E-state index is 12.3. The standard InChI is InChI=1S/C15H10Cl3N3OS2/c1-7(14(22)21-13-10(18)4-9(17)6-19-13)23-15-20-11-5-8(16)2-3-12(11)24-15/h2-7H,1H3,(H,19,21,22). The number of pyridine rings is 1. The van der Waals surface area contributed by atoms with E-state index in [1.807, 2.05) is 12.1 Å². The zero-order chi connectivity index (χ0) is 17.3. The second-order valence-corrected chi connectivity index (χ2v) is 8.72. The Hall–Kier alpha value is -1.05. The molecule has 1 atom stereocenters. The number of rotatable bonds is 4. The van der Waals surface area contributed by atoms with Crippen LogP contribution in [0.25, 0.3) is 10.2 Å². The molecule has 0 spiro atoms. The molecule has 24 heavy (non-hydrogen) atoms. The Morgan fingerprint density at radius 2 is 2.04 bits per heavy atom. The highest BCUT2D eigenvalue weighted by molar-refractivity contribution is 8.02. The van der Waals surface area contributed by atoms with Crippen LogP contribution < -0.4 is 5.32 Å². The molecule has 0 fully saturated rings. The molecule has 3 aromatic rings. The predicted octanol–water partition coefficient (Wildman–Crippen LogP) is 5.77. The van der Waals surface area contributed by atoms with Crippen molar-refractivity contribution >= 4 is 79.8 Å². The lowest BCUT2D eigenvalue weighted by atomic mass is 10.3. The third-order valence-electron chi connectivity index (χ3n) is 3.03. The SMILES string of the molecule is CC(Sc1nc2cc(Cl)ccc2s1)C(=O)Nc1ncc(Cl)cc1Cl. The summed E-state index contributed by atoms with van der Waals surface area (Å²) in [5.74, 6) is 0.0728. The lowest BCUT2D eigenvalue weighted by Crippen LogP contribution is -2.23. The minimum Gasteiger partial charge on any atom is -0.308 e. The van der Waals surface area contributed by atoms with Gasteiger partial charge in [0.2, 0.25) is 5.91 Å². The van der Waals surface area contributed by atoms with E-state index in [1.165, 1.54) is 35.4 Å². The number of aromatic nitrogens is 2. The van der Waals surface area contributed by atoms with Gasteiger partial charge in [0, 0.05) is 11.2 Å². The van der Waals surface area contributed by atoms with Crippen LogP contribution in [-0.4, -0.2) is 21.1 Å². The fourth-order valence-electron chi connectivity index (χ4n) is 1.86. The number of hydrogen-bond acceptors (Lipinski definition) is 5. The summed E-state index contributed by atoms with van der Waals surface area (Å²) in [6.45, 7) is 1.79. The number of benzene rings is 1. The van der Waals surface area contributed by atoms with Crippen LogP contribution in [0.1, 0.15) is 6.92 Å². The highest BCUT2D eigenvalue weighted by Crippen LogP contribution is 2.33. The van der Waals surface area contributed by atoms with Crippen molar-refractivity contribution in [1.82, 2.24) is 9.97 Å². The van der Waals surface area contributed by atoms with E-state index in [4.69, 9.17) is 34.8 Å². The quantitative estimate of drug-likeness (QED) is 0.546. The highest BCUT2D eigenvalue weighted by Gasteiger charge is 2.18. The molecular formula is C15H10Cl3N3OS2. The highest BCUT2D eigenvalue weighted by atomic mass is 35.5. The van der Waals surface area contributed by atoms with Crippen molar-refractivity contribution < 1.29 is 4.79 Å². The number of thiazole rings is 1. The predicted molar refractivity (Wildman–Crippen MR) is 103 cm³/mol. The van der Waals surface area contributed by atoms with Crippen LogP contribution in [0, 0.1) is 0 Å². The molecule has 0 saturated heterocycles. The molecule has 4 nitrogen and oxygen atoms in total. The van der Waals surface area contributed by atoms with Crippen molar-refractivity contribution in [2.24, 2.45) is 0 Å². The normalized spacial score (nSPS) is 12.3. The van der Waals surface area contributed by atoms with Crippen molar-refractivity contribution in [2.75, 3.05) is 5.32 Å². The summed E-state index contributed by atoms with van der Waals surface area (Å²) in [4.78, 5) is 20.8. The van der Waals surface area contributed by atoms with Gasteiger partial charge in [-0.3, -0.25) is 4.79 Å². The van der Waals surface area contributed by atoms with E-state index in [0.717, 1.165) is 14.6 Å². The first-order valence-electron chi connectivity index (χ1n) is 6.77. The van der Waals surface area contributed by atoms with E-state index < -0.39 is 0 Å². The Morgan fingerprint density at radius 3 is 2.79 bits per heavy atom. The molecule has 1 amide bonds. The Bertz CT molecular complexity index is 916. The second-order valence-electron chi connectivity index (χ2n) is 4.83. The Kier molecular flexibility index (Phi) is 5.52. The molecular weight excluding hydrogens is 409 g/mol. The molecule has 0 radical (unpaired) electrons. The van der Waals surface area contributed by atoms with E-state index in [0.29, 0.717) is 15.1 Å². The minimum atomic E-state index is -0.366. The summed E-state index contributed by atoms with van der Waals surface area (Å²) in [5, 5.41) is 3.67. The number of hydrogen-bond donors (Lipinski definition) is 1. The van der Waals surface area contributed by atoms with Gasteiger partial charge in [0.05, 0.1) is 25.5 Å². The van der Waals surface area contributed by atoms with E-state index in [2.05, 4.69) is 15.3 Å². The lowest BCUT2D eigenvalue weighted by Gasteiger charge is -2.10. The summed E-state index contributed by atoms with van der Waals surface area (Å²) < 4.78 is 1.82. The molecule has 2 aromatic heterocycles. The van der Waals surface area contributed by atoms with Gasteiger partial charge in [-0.15, -0.1) is 11.3 Å². The molecule has 0 aliphatic heterocycles. The number of thioether (sulfide) groups is 1. The Balaban J connectivity index is 1.70. The van der Waals surface area contributed by atoms with Gasteiger partial charge in [-0.2, -0.15) is 0 Å². The van der Waals surface area contributed by atoms with Gasteiger partial charge >= 0.3 is 0 Å². The van der Waals surface area contributed by atoms with E-state index in [1.54, 1.807) is 13.0 Å².